The molecule has 15 N–H and O–H groups in total. The topological polar surface area (TPSA) is 366 Å². The Morgan fingerprint density at radius 1 is 0.797 bits per heavy atom. The fourth-order valence-corrected chi connectivity index (χ4v) is 9.23. The van der Waals surface area contributed by atoms with Gasteiger partial charge in [-0.3, -0.25) is 14.6 Å². The summed E-state index contributed by atoms with van der Waals surface area (Å²) in [5.41, 5.74) is 11.3. The number of nitrogens with two attached hydrogens (primary N) is 2. The summed E-state index contributed by atoms with van der Waals surface area (Å²) >= 11 is 0. The van der Waals surface area contributed by atoms with E-state index in [9.17, 15) is 70.6 Å². The molecule has 2 bridgehead atoms. The molecule has 0 saturated carbocycles. The van der Waals surface area contributed by atoms with Gasteiger partial charge in [0, 0.05) is 68.9 Å². The van der Waals surface area contributed by atoms with Gasteiger partial charge in [0.25, 0.3) is 0 Å². The average Bonchev–Trinajstić information content (AvgIpc) is 3.30. The van der Waals surface area contributed by atoms with E-state index in [2.05, 4.69) is 17.1 Å². The number of carboxylic acid groups (broad SMARTS) is 1. The van der Waals surface area contributed by atoms with Crippen molar-refractivity contribution in [2.45, 2.75) is 217 Å². The highest BCUT2D eigenvalue weighted by molar-refractivity contribution is 5.90. The third-order valence-electron chi connectivity index (χ3n) is 14.2. The van der Waals surface area contributed by atoms with Gasteiger partial charge >= 0.3 is 17.9 Å². The first-order chi connectivity index (χ1) is 34.7. The zero-order valence-corrected chi connectivity index (χ0v) is 44.3. The maximum absolute atomic E-state index is 13.2. The molecule has 74 heavy (non-hydrogen) atoms. The molecule has 0 aromatic rings. The van der Waals surface area contributed by atoms with E-state index < -0.39 is 128 Å². The lowest BCUT2D eigenvalue weighted by Crippen LogP contribution is -2.60. The number of hydrogen-bond donors (Lipinski definition) is 13. The number of fused-ring (bicyclic) bond motifs is 2. The zero-order valence-electron chi connectivity index (χ0n) is 44.3. The SMILES string of the molecule is C/C1=C\C=C\C(C)C(C(C)CCC/C=C/CCCN=C(N)N)OC(=O)/C=C\C=C\C(C)C(O)CC(O)C(C)C(O)CCC(C)C(O)CC2(O)OC(CC(OC(=O)CC(=O)O)CC(O)CC(O)CC1O)CC(O)C2O. The summed E-state index contributed by atoms with van der Waals surface area (Å²) in [6.07, 6.45) is 1.87. The smallest absolute Gasteiger partial charge is 0.331 e. The summed E-state index contributed by atoms with van der Waals surface area (Å²) in [5.74, 6) is -7.80. The van der Waals surface area contributed by atoms with Gasteiger partial charge in [-0.15, -0.1) is 0 Å². The third-order valence-corrected chi connectivity index (χ3v) is 14.2. The number of carbonyl (C=O) groups excluding carboxylic acids is 2. The first-order valence-electron chi connectivity index (χ1n) is 26.3. The molecule has 0 spiro atoms. The Morgan fingerprint density at radius 3 is 2.11 bits per heavy atom. The van der Waals surface area contributed by atoms with Crippen LogP contribution in [-0.4, -0.2) is 166 Å². The number of aliphatic carboxylic acids is 1. The van der Waals surface area contributed by atoms with Crippen molar-refractivity contribution in [3.8, 4) is 0 Å². The summed E-state index contributed by atoms with van der Waals surface area (Å²) in [4.78, 5) is 41.1. The summed E-state index contributed by atoms with van der Waals surface area (Å²) in [6, 6.07) is 0. The summed E-state index contributed by atoms with van der Waals surface area (Å²) < 4.78 is 17.3. The number of unbranched alkanes of at least 4 members (excludes halogenated alkanes) is 2. The predicted octanol–water partition coefficient (Wildman–Crippen LogP) is 2.72. The Balaban J connectivity index is 2.41. The van der Waals surface area contributed by atoms with Gasteiger partial charge in [0.15, 0.2) is 11.7 Å². The highest BCUT2D eigenvalue weighted by Gasteiger charge is 2.50. The van der Waals surface area contributed by atoms with Crippen LogP contribution in [0.2, 0.25) is 0 Å². The van der Waals surface area contributed by atoms with E-state index in [1.54, 1.807) is 52.0 Å². The molecule has 20 heteroatoms. The number of cyclic esters (lactones) is 1. The molecule has 2 aliphatic rings. The molecule has 18 unspecified atom stereocenters. The van der Waals surface area contributed by atoms with Gasteiger partial charge in [0.05, 0.1) is 54.9 Å². The first kappa shape index (κ1) is 66.1. The Kier molecular flexibility index (Phi) is 30.2. The van der Waals surface area contributed by atoms with Crippen LogP contribution in [0.1, 0.15) is 138 Å². The molecule has 18 atom stereocenters. The quantitative estimate of drug-likeness (QED) is 0.0334. The molecule has 2 rings (SSSR count). The summed E-state index contributed by atoms with van der Waals surface area (Å²) in [6.45, 7) is 11.1. The summed E-state index contributed by atoms with van der Waals surface area (Å²) in [5, 5.41) is 120. The first-order valence-corrected chi connectivity index (χ1v) is 26.3. The molecule has 0 aromatic heterocycles. The standard InChI is InChI=1S/C54H91N3O17/c1-32-16-12-13-20-49(68)73-51(35(4)17-11-9-7-8-10-14-23-57-53(55)56)36(5)19-15-18-33(2)43(61)26-39(59)24-38(58)25-40(72-50(69)30-48(66)67)27-41-28-46(64)52(70)54(71,74-41)31-47(65)34(3)21-22-42(60)37(6)45(63)29-44(32)62/h7-8,12-13,15-16,18-20,32,34-47,51-52,58-65,70-71H,9-11,14,17,21-31H2,1-6H3,(H,66,67)(H4,55,56,57)/b8-7+,16-12+,19-15+,20-13-,33-18+. The van der Waals surface area contributed by atoms with Crippen LogP contribution >= 0.6 is 0 Å². The highest BCUT2D eigenvalue weighted by atomic mass is 16.7. The molecule has 0 aromatic carbocycles. The minimum Gasteiger partial charge on any atom is -0.481 e. The molecule has 0 amide bonds. The predicted molar refractivity (Wildman–Crippen MR) is 277 cm³/mol. The molecule has 424 valence electrons. The lowest BCUT2D eigenvalue weighted by molar-refractivity contribution is -0.333. The van der Waals surface area contributed by atoms with E-state index in [0.717, 1.165) is 32.1 Å². The molecule has 20 nitrogen and oxygen atoms in total. The van der Waals surface area contributed by atoms with Gasteiger partial charge in [0.2, 0.25) is 0 Å². The number of nitrogens with zero attached hydrogens (tertiary/aromatic N) is 1. The van der Waals surface area contributed by atoms with Crippen molar-refractivity contribution >= 4 is 23.9 Å². The van der Waals surface area contributed by atoms with Crippen molar-refractivity contribution in [2.24, 2.45) is 46.0 Å². The van der Waals surface area contributed by atoms with E-state index in [-0.39, 0.29) is 69.2 Å². The van der Waals surface area contributed by atoms with Crippen molar-refractivity contribution in [1.82, 2.24) is 0 Å². The van der Waals surface area contributed by atoms with Crippen LogP contribution in [0, 0.1) is 29.6 Å². The Bertz CT molecular complexity index is 1860. The highest BCUT2D eigenvalue weighted by Crippen LogP contribution is 2.36. The molecular weight excluding hydrogens is 963 g/mol. The van der Waals surface area contributed by atoms with Gasteiger partial charge in [-0.05, 0) is 75.7 Å². The minimum absolute atomic E-state index is 0.0617. The number of aliphatic hydroxyl groups excluding tert-OH is 9. The number of aliphatic imine (C=N–C) groups is 1. The van der Waals surface area contributed by atoms with Gasteiger partial charge in [-0.2, -0.15) is 0 Å². The van der Waals surface area contributed by atoms with Crippen LogP contribution in [0.5, 0.6) is 0 Å². The fourth-order valence-electron chi connectivity index (χ4n) is 9.23. The number of hydrogen-bond acceptors (Lipinski definition) is 17. The molecular formula is C54H91N3O17. The minimum atomic E-state index is -2.52. The second-order valence-corrected chi connectivity index (χ2v) is 20.9. The Labute approximate surface area is 437 Å². The van der Waals surface area contributed by atoms with Crippen molar-refractivity contribution in [2.75, 3.05) is 6.54 Å². The number of ether oxygens (including phenoxy) is 3. The van der Waals surface area contributed by atoms with E-state index in [1.807, 2.05) is 19.9 Å². The lowest BCUT2D eigenvalue weighted by atomic mass is 9.84. The van der Waals surface area contributed by atoms with Crippen LogP contribution in [0.3, 0.4) is 0 Å². The van der Waals surface area contributed by atoms with Gasteiger partial charge in [-0.1, -0.05) is 83.2 Å². The molecule has 2 aliphatic heterocycles. The lowest BCUT2D eigenvalue weighted by Gasteiger charge is -2.45. The second kappa shape index (κ2) is 33.9. The number of esters is 2. The van der Waals surface area contributed by atoms with E-state index in [4.69, 9.17) is 25.7 Å². The van der Waals surface area contributed by atoms with Crippen molar-refractivity contribution in [3.05, 3.63) is 60.3 Å². The third kappa shape index (κ3) is 25.2. The monoisotopic (exact) mass is 1050 g/mol. The average molecular weight is 1050 g/mol. The van der Waals surface area contributed by atoms with Crippen LogP contribution < -0.4 is 11.5 Å². The molecule has 0 aliphatic carbocycles. The largest absolute Gasteiger partial charge is 0.481 e. The fraction of sp³-hybridized carbons (Fsp3) is 0.741. The second-order valence-electron chi connectivity index (χ2n) is 20.9. The maximum atomic E-state index is 13.2. The Morgan fingerprint density at radius 2 is 1.45 bits per heavy atom. The van der Waals surface area contributed by atoms with Gasteiger partial charge in [0.1, 0.15) is 24.7 Å². The normalized spacial score (nSPS) is 37.9. The number of aliphatic hydroxyl groups is 10. The number of carboxylic acids is 1. The number of guanidine groups is 1. The Hall–Kier alpha value is -4.06. The molecule has 0 radical (unpaired) electrons. The number of carbonyl (C=O) groups is 3. The zero-order chi connectivity index (χ0) is 55.7. The van der Waals surface area contributed by atoms with E-state index >= 15 is 0 Å². The molecule has 1 fully saturated rings. The molecule has 2 heterocycles. The summed E-state index contributed by atoms with van der Waals surface area (Å²) in [7, 11) is 0. The van der Waals surface area contributed by atoms with E-state index in [0.29, 0.717) is 12.1 Å². The van der Waals surface area contributed by atoms with Crippen molar-refractivity contribution < 1.29 is 84.8 Å². The van der Waals surface area contributed by atoms with Crippen LogP contribution in [-0.2, 0) is 28.6 Å². The van der Waals surface area contributed by atoms with Gasteiger partial charge in [-0.25, -0.2) is 4.79 Å². The number of rotatable bonds is 12. The molecule has 1 saturated heterocycles. The van der Waals surface area contributed by atoms with Crippen molar-refractivity contribution in [1.29, 1.82) is 0 Å². The van der Waals surface area contributed by atoms with Crippen molar-refractivity contribution in [3.63, 3.8) is 0 Å². The number of allylic oxidation sites excluding steroid dienone is 6. The van der Waals surface area contributed by atoms with Crippen LogP contribution in [0.25, 0.3) is 0 Å². The maximum Gasteiger partial charge on any atom is 0.331 e. The van der Waals surface area contributed by atoms with E-state index in [1.165, 1.54) is 12.2 Å². The van der Waals surface area contributed by atoms with Crippen LogP contribution in [0.15, 0.2) is 65.2 Å². The van der Waals surface area contributed by atoms with Crippen LogP contribution in [0.4, 0.5) is 0 Å². The van der Waals surface area contributed by atoms with Gasteiger partial charge < -0.3 is 81.8 Å².